The molecule has 0 bridgehead atoms. The second-order valence-corrected chi connectivity index (χ2v) is 6.26. The smallest absolute Gasteiger partial charge is 0.122 e. The van der Waals surface area contributed by atoms with E-state index in [1.54, 1.807) is 0 Å². The molecule has 0 aromatic heterocycles. The lowest BCUT2D eigenvalue weighted by atomic mass is 9.92. The molecular weight excluding hydrogens is 244 g/mol. The van der Waals surface area contributed by atoms with Crippen LogP contribution in [0.2, 0.25) is 0 Å². The van der Waals surface area contributed by atoms with Gasteiger partial charge in [-0.3, -0.25) is 0 Å². The molecule has 0 unspecified atom stereocenters. The monoisotopic (exact) mass is 276 g/mol. The Morgan fingerprint density at radius 1 is 0.900 bits per heavy atom. The molecule has 0 saturated heterocycles. The number of phenols is 1. The van der Waals surface area contributed by atoms with Gasteiger partial charge in [0.15, 0.2) is 0 Å². The largest absolute Gasteiger partial charge is 0.507 e. The van der Waals surface area contributed by atoms with Crippen molar-refractivity contribution in [1.29, 1.82) is 0 Å². The van der Waals surface area contributed by atoms with Crippen LogP contribution in [0.25, 0.3) is 0 Å². The average molecular weight is 276 g/mol. The Kier molecular flexibility index (Phi) is 7.72. The summed E-state index contributed by atoms with van der Waals surface area (Å²) in [6.07, 6.45) is 9.64. The minimum absolute atomic E-state index is 0.394. The Morgan fingerprint density at radius 2 is 1.60 bits per heavy atom. The summed E-state index contributed by atoms with van der Waals surface area (Å²) in [4.78, 5) is 0. The molecule has 114 valence electrons. The molecule has 0 radical (unpaired) electrons. The highest BCUT2D eigenvalue weighted by Crippen LogP contribution is 2.32. The Bertz CT molecular complexity index is 393. The molecule has 0 aliphatic rings. The van der Waals surface area contributed by atoms with Gasteiger partial charge in [-0.05, 0) is 48.3 Å². The van der Waals surface area contributed by atoms with Crippen LogP contribution in [0.4, 0.5) is 0 Å². The molecule has 20 heavy (non-hydrogen) atoms. The van der Waals surface area contributed by atoms with Crippen LogP contribution in [0.5, 0.6) is 5.75 Å². The fourth-order valence-electron chi connectivity index (χ4n) is 2.69. The summed E-state index contributed by atoms with van der Waals surface area (Å²) in [7, 11) is 0. The summed E-state index contributed by atoms with van der Waals surface area (Å²) in [5.41, 5.74) is 3.70. The van der Waals surface area contributed by atoms with E-state index in [0.717, 1.165) is 18.4 Å². The second kappa shape index (κ2) is 9.05. The molecule has 1 aromatic rings. The van der Waals surface area contributed by atoms with E-state index in [4.69, 9.17) is 0 Å². The third-order valence-electron chi connectivity index (χ3n) is 4.02. The van der Waals surface area contributed by atoms with Crippen LogP contribution in [0.3, 0.4) is 0 Å². The summed E-state index contributed by atoms with van der Waals surface area (Å²) in [5, 5.41) is 10.5. The summed E-state index contributed by atoms with van der Waals surface area (Å²) in [6, 6.07) is 4.45. The first-order chi connectivity index (χ1) is 9.60. The molecule has 0 heterocycles. The maximum Gasteiger partial charge on any atom is 0.122 e. The third-order valence-corrected chi connectivity index (χ3v) is 4.02. The van der Waals surface area contributed by atoms with Crippen molar-refractivity contribution in [2.75, 3.05) is 0 Å². The SMILES string of the molecule is CCCCCCc1cc(CCCC)cc(C(C)C)c1O. The second-order valence-electron chi connectivity index (χ2n) is 6.26. The standard InChI is InChI=1S/C19H32O/c1-5-7-9-10-12-17-13-16(11-8-6-2)14-18(15(3)4)19(17)20/h13-15,20H,5-12H2,1-4H3. The van der Waals surface area contributed by atoms with Gasteiger partial charge in [-0.15, -0.1) is 0 Å². The topological polar surface area (TPSA) is 20.2 Å². The summed E-state index contributed by atoms with van der Waals surface area (Å²) in [6.45, 7) is 8.80. The van der Waals surface area contributed by atoms with Gasteiger partial charge < -0.3 is 5.11 Å². The zero-order valence-corrected chi connectivity index (χ0v) is 13.8. The van der Waals surface area contributed by atoms with Crippen molar-refractivity contribution < 1.29 is 5.11 Å². The number of aryl methyl sites for hydroxylation is 2. The lowest BCUT2D eigenvalue weighted by Gasteiger charge is -2.15. The molecule has 0 atom stereocenters. The number of phenolic OH excluding ortho intramolecular Hbond substituents is 1. The van der Waals surface area contributed by atoms with E-state index in [2.05, 4.69) is 39.8 Å². The van der Waals surface area contributed by atoms with Crippen molar-refractivity contribution in [2.45, 2.75) is 85.0 Å². The van der Waals surface area contributed by atoms with Crippen LogP contribution in [0.15, 0.2) is 12.1 Å². The fourth-order valence-corrected chi connectivity index (χ4v) is 2.69. The van der Waals surface area contributed by atoms with E-state index in [9.17, 15) is 5.11 Å². The van der Waals surface area contributed by atoms with Gasteiger partial charge in [0.25, 0.3) is 0 Å². The molecule has 0 aliphatic carbocycles. The van der Waals surface area contributed by atoms with Gasteiger partial charge in [-0.25, -0.2) is 0 Å². The fraction of sp³-hybridized carbons (Fsp3) is 0.684. The number of benzene rings is 1. The summed E-state index contributed by atoms with van der Waals surface area (Å²) < 4.78 is 0. The lowest BCUT2D eigenvalue weighted by Crippen LogP contribution is -1.98. The molecule has 0 saturated carbocycles. The van der Waals surface area contributed by atoms with Crippen molar-refractivity contribution in [2.24, 2.45) is 0 Å². The van der Waals surface area contributed by atoms with Gasteiger partial charge in [0.2, 0.25) is 0 Å². The number of rotatable bonds is 9. The average Bonchev–Trinajstić information content (AvgIpc) is 2.43. The van der Waals surface area contributed by atoms with Crippen LogP contribution in [-0.2, 0) is 12.8 Å². The molecule has 1 rings (SSSR count). The molecular formula is C19H32O. The van der Waals surface area contributed by atoms with Crippen LogP contribution in [0.1, 0.15) is 88.8 Å². The first-order valence-electron chi connectivity index (χ1n) is 8.44. The van der Waals surface area contributed by atoms with Crippen LogP contribution in [0, 0.1) is 0 Å². The Balaban J connectivity index is 2.86. The van der Waals surface area contributed by atoms with Crippen molar-refractivity contribution >= 4 is 0 Å². The number of hydrogen-bond acceptors (Lipinski definition) is 1. The summed E-state index contributed by atoms with van der Waals surface area (Å²) in [5.74, 6) is 0.947. The van der Waals surface area contributed by atoms with Gasteiger partial charge in [-0.1, -0.05) is 65.5 Å². The zero-order chi connectivity index (χ0) is 15.0. The highest BCUT2D eigenvalue weighted by atomic mass is 16.3. The van der Waals surface area contributed by atoms with E-state index in [-0.39, 0.29) is 0 Å². The number of unbranched alkanes of at least 4 members (excludes halogenated alkanes) is 4. The van der Waals surface area contributed by atoms with Crippen LogP contribution < -0.4 is 0 Å². The Morgan fingerprint density at radius 3 is 2.20 bits per heavy atom. The van der Waals surface area contributed by atoms with Gasteiger partial charge in [0.1, 0.15) is 5.75 Å². The molecule has 1 aromatic carbocycles. The molecule has 0 spiro atoms. The van der Waals surface area contributed by atoms with E-state index in [1.165, 1.54) is 49.7 Å². The highest BCUT2D eigenvalue weighted by Gasteiger charge is 2.12. The third kappa shape index (κ3) is 5.19. The molecule has 0 fully saturated rings. The van der Waals surface area contributed by atoms with Gasteiger partial charge in [0.05, 0.1) is 0 Å². The molecule has 1 N–H and O–H groups in total. The Hall–Kier alpha value is -0.980. The lowest BCUT2D eigenvalue weighted by molar-refractivity contribution is 0.455. The minimum Gasteiger partial charge on any atom is -0.507 e. The van der Waals surface area contributed by atoms with Gasteiger partial charge in [-0.2, -0.15) is 0 Å². The summed E-state index contributed by atoms with van der Waals surface area (Å²) >= 11 is 0. The quantitative estimate of drug-likeness (QED) is 0.550. The predicted octanol–water partition coefficient (Wildman–Crippen LogP) is 5.98. The highest BCUT2D eigenvalue weighted by molar-refractivity contribution is 5.45. The number of aromatic hydroxyl groups is 1. The van der Waals surface area contributed by atoms with Gasteiger partial charge >= 0.3 is 0 Å². The minimum atomic E-state index is 0.394. The van der Waals surface area contributed by atoms with Crippen LogP contribution >= 0.6 is 0 Å². The number of hydrogen-bond donors (Lipinski definition) is 1. The first kappa shape index (κ1) is 17.1. The maximum absolute atomic E-state index is 10.5. The normalized spacial score (nSPS) is 11.2. The molecule has 1 heteroatoms. The first-order valence-corrected chi connectivity index (χ1v) is 8.44. The van der Waals surface area contributed by atoms with Crippen molar-refractivity contribution in [1.82, 2.24) is 0 Å². The van der Waals surface area contributed by atoms with E-state index in [0.29, 0.717) is 11.7 Å². The van der Waals surface area contributed by atoms with Gasteiger partial charge in [0, 0.05) is 0 Å². The molecule has 0 aliphatic heterocycles. The van der Waals surface area contributed by atoms with Crippen molar-refractivity contribution in [3.05, 3.63) is 28.8 Å². The van der Waals surface area contributed by atoms with Crippen molar-refractivity contribution in [3.63, 3.8) is 0 Å². The molecule has 0 amide bonds. The zero-order valence-electron chi connectivity index (χ0n) is 13.8. The Labute approximate surface area is 125 Å². The van der Waals surface area contributed by atoms with E-state index < -0.39 is 0 Å². The predicted molar refractivity (Wildman–Crippen MR) is 88.7 cm³/mol. The van der Waals surface area contributed by atoms with Crippen LogP contribution in [-0.4, -0.2) is 5.11 Å². The van der Waals surface area contributed by atoms with E-state index in [1.807, 2.05) is 0 Å². The maximum atomic E-state index is 10.5. The molecule has 1 nitrogen and oxygen atoms in total. The van der Waals surface area contributed by atoms with Crippen molar-refractivity contribution in [3.8, 4) is 5.75 Å². The van der Waals surface area contributed by atoms with E-state index >= 15 is 0 Å².